The highest BCUT2D eigenvalue weighted by molar-refractivity contribution is 5.94. The quantitative estimate of drug-likeness (QED) is 0.775. The summed E-state index contributed by atoms with van der Waals surface area (Å²) in [7, 11) is 2.12. The second-order valence-electron chi connectivity index (χ2n) is 5.08. The van der Waals surface area contributed by atoms with E-state index in [4.69, 9.17) is 5.73 Å². The van der Waals surface area contributed by atoms with Crippen LogP contribution in [0.25, 0.3) is 0 Å². The molecule has 18 heavy (non-hydrogen) atoms. The van der Waals surface area contributed by atoms with E-state index in [9.17, 15) is 4.79 Å². The van der Waals surface area contributed by atoms with E-state index in [1.54, 1.807) is 24.3 Å². The highest BCUT2D eigenvalue weighted by Gasteiger charge is 2.29. The monoisotopic (exact) mass is 247 g/mol. The van der Waals surface area contributed by atoms with Gasteiger partial charge in [0.25, 0.3) is 5.91 Å². The molecule has 0 spiro atoms. The standard InChI is InChI=1S/C14H21N3O/c1-10(17(2)13-7-8-13)9-16-14(18)11-3-5-12(15)6-4-11/h3-6,10,13H,7-9,15H2,1-2H3,(H,16,18). The molecule has 1 saturated carbocycles. The van der Waals surface area contributed by atoms with Gasteiger partial charge in [-0.3, -0.25) is 9.69 Å². The van der Waals surface area contributed by atoms with Gasteiger partial charge in [-0.05, 0) is 51.1 Å². The van der Waals surface area contributed by atoms with Gasteiger partial charge in [0, 0.05) is 29.9 Å². The fourth-order valence-electron chi connectivity index (χ4n) is 1.96. The summed E-state index contributed by atoms with van der Waals surface area (Å²) in [6.07, 6.45) is 2.57. The molecule has 1 aromatic carbocycles. The first-order valence-corrected chi connectivity index (χ1v) is 6.43. The van der Waals surface area contributed by atoms with Gasteiger partial charge in [0.05, 0.1) is 0 Å². The van der Waals surface area contributed by atoms with Gasteiger partial charge >= 0.3 is 0 Å². The van der Waals surface area contributed by atoms with Crippen molar-refractivity contribution in [1.82, 2.24) is 10.2 Å². The van der Waals surface area contributed by atoms with Crippen molar-refractivity contribution in [3.63, 3.8) is 0 Å². The molecule has 0 heterocycles. The Hall–Kier alpha value is -1.55. The van der Waals surface area contributed by atoms with Gasteiger partial charge < -0.3 is 11.1 Å². The van der Waals surface area contributed by atoms with Crippen LogP contribution in [0.3, 0.4) is 0 Å². The van der Waals surface area contributed by atoms with Crippen molar-refractivity contribution < 1.29 is 4.79 Å². The maximum Gasteiger partial charge on any atom is 0.251 e. The molecule has 1 aromatic rings. The fraction of sp³-hybridized carbons (Fsp3) is 0.500. The lowest BCUT2D eigenvalue weighted by Crippen LogP contribution is -2.41. The number of carbonyl (C=O) groups is 1. The predicted molar refractivity (Wildman–Crippen MR) is 73.4 cm³/mol. The molecule has 0 saturated heterocycles. The average molecular weight is 247 g/mol. The van der Waals surface area contributed by atoms with E-state index >= 15 is 0 Å². The highest BCUT2D eigenvalue weighted by atomic mass is 16.1. The normalized spacial score (nSPS) is 16.6. The summed E-state index contributed by atoms with van der Waals surface area (Å²) in [5.74, 6) is -0.0361. The number of amides is 1. The third kappa shape index (κ3) is 3.23. The lowest BCUT2D eigenvalue weighted by atomic mass is 10.2. The zero-order valence-corrected chi connectivity index (χ0v) is 11.0. The first-order valence-electron chi connectivity index (χ1n) is 6.43. The first kappa shape index (κ1) is 12.9. The molecule has 2 rings (SSSR count). The maximum absolute atomic E-state index is 11.9. The van der Waals surface area contributed by atoms with Crippen LogP contribution in [0.15, 0.2) is 24.3 Å². The molecule has 1 aliphatic carbocycles. The molecule has 1 aliphatic rings. The van der Waals surface area contributed by atoms with Gasteiger partial charge in [0.1, 0.15) is 0 Å². The van der Waals surface area contributed by atoms with Crippen LogP contribution in [0.5, 0.6) is 0 Å². The molecule has 0 aromatic heterocycles. The largest absolute Gasteiger partial charge is 0.399 e. The van der Waals surface area contributed by atoms with Crippen molar-refractivity contribution in [1.29, 1.82) is 0 Å². The minimum atomic E-state index is -0.0361. The highest BCUT2D eigenvalue weighted by Crippen LogP contribution is 2.26. The van der Waals surface area contributed by atoms with Crippen LogP contribution in [-0.4, -0.2) is 36.5 Å². The second-order valence-corrected chi connectivity index (χ2v) is 5.08. The molecule has 1 fully saturated rings. The summed E-state index contributed by atoms with van der Waals surface area (Å²) in [6.45, 7) is 2.82. The first-order chi connectivity index (χ1) is 8.58. The number of anilines is 1. The zero-order chi connectivity index (χ0) is 13.1. The molecule has 1 amide bonds. The minimum Gasteiger partial charge on any atom is -0.399 e. The maximum atomic E-state index is 11.9. The third-order valence-electron chi connectivity index (χ3n) is 3.55. The molecular formula is C14H21N3O. The van der Waals surface area contributed by atoms with Gasteiger partial charge in [-0.1, -0.05) is 0 Å². The number of nitrogens with two attached hydrogens (primary N) is 1. The molecule has 98 valence electrons. The minimum absolute atomic E-state index is 0.0361. The van der Waals surface area contributed by atoms with Crippen LogP contribution < -0.4 is 11.1 Å². The summed E-state index contributed by atoms with van der Waals surface area (Å²) >= 11 is 0. The molecule has 1 atom stereocenters. The van der Waals surface area contributed by atoms with Crippen molar-refractivity contribution in [2.75, 3.05) is 19.3 Å². The van der Waals surface area contributed by atoms with E-state index in [2.05, 4.69) is 24.2 Å². The molecule has 4 heteroatoms. The smallest absolute Gasteiger partial charge is 0.251 e. The zero-order valence-electron chi connectivity index (χ0n) is 11.0. The predicted octanol–water partition coefficient (Wildman–Crippen LogP) is 1.48. The summed E-state index contributed by atoms with van der Waals surface area (Å²) in [5, 5.41) is 2.96. The SMILES string of the molecule is CC(CNC(=O)c1ccc(N)cc1)N(C)C1CC1. The number of hydrogen-bond donors (Lipinski definition) is 2. The third-order valence-corrected chi connectivity index (χ3v) is 3.55. The van der Waals surface area contributed by atoms with Crippen LogP contribution in [0.2, 0.25) is 0 Å². The number of carbonyl (C=O) groups excluding carboxylic acids is 1. The molecule has 1 unspecified atom stereocenters. The Morgan fingerprint density at radius 2 is 2.06 bits per heavy atom. The molecular weight excluding hydrogens is 226 g/mol. The Balaban J connectivity index is 1.82. The van der Waals surface area contributed by atoms with E-state index in [-0.39, 0.29) is 5.91 Å². The number of likely N-dealkylation sites (N-methyl/N-ethyl adjacent to an activating group) is 1. The number of nitrogen functional groups attached to an aromatic ring is 1. The van der Waals surface area contributed by atoms with Crippen LogP contribution in [-0.2, 0) is 0 Å². The Labute approximate surface area is 108 Å². The van der Waals surface area contributed by atoms with E-state index in [1.807, 2.05) is 0 Å². The van der Waals surface area contributed by atoms with Gasteiger partial charge in [-0.2, -0.15) is 0 Å². The van der Waals surface area contributed by atoms with Gasteiger partial charge in [0.15, 0.2) is 0 Å². The Morgan fingerprint density at radius 3 is 2.61 bits per heavy atom. The van der Waals surface area contributed by atoms with Gasteiger partial charge in [-0.15, -0.1) is 0 Å². The van der Waals surface area contributed by atoms with E-state index < -0.39 is 0 Å². The van der Waals surface area contributed by atoms with Crippen molar-refractivity contribution in [3.8, 4) is 0 Å². The molecule has 4 nitrogen and oxygen atoms in total. The summed E-state index contributed by atoms with van der Waals surface area (Å²) < 4.78 is 0. The van der Waals surface area contributed by atoms with Gasteiger partial charge in [0.2, 0.25) is 0 Å². The Kier molecular flexibility index (Phi) is 3.87. The van der Waals surface area contributed by atoms with E-state index in [1.165, 1.54) is 12.8 Å². The lowest BCUT2D eigenvalue weighted by molar-refractivity contribution is 0.0939. The van der Waals surface area contributed by atoms with Crippen molar-refractivity contribution in [2.24, 2.45) is 0 Å². The summed E-state index contributed by atoms with van der Waals surface area (Å²) in [5.41, 5.74) is 6.92. The van der Waals surface area contributed by atoms with Crippen molar-refractivity contribution >= 4 is 11.6 Å². The molecule has 3 N–H and O–H groups in total. The van der Waals surface area contributed by atoms with Gasteiger partial charge in [-0.25, -0.2) is 0 Å². The van der Waals surface area contributed by atoms with E-state index in [0.717, 1.165) is 0 Å². The summed E-state index contributed by atoms with van der Waals surface area (Å²) in [6, 6.07) is 8.08. The Morgan fingerprint density at radius 1 is 1.44 bits per heavy atom. The van der Waals surface area contributed by atoms with E-state index in [0.29, 0.717) is 29.9 Å². The summed E-state index contributed by atoms with van der Waals surface area (Å²) in [4.78, 5) is 14.2. The van der Waals surface area contributed by atoms with Crippen LogP contribution >= 0.6 is 0 Å². The van der Waals surface area contributed by atoms with Crippen LogP contribution in [0.1, 0.15) is 30.1 Å². The van der Waals surface area contributed by atoms with Crippen LogP contribution in [0, 0.1) is 0 Å². The average Bonchev–Trinajstić information content (AvgIpc) is 3.19. The number of rotatable bonds is 5. The fourth-order valence-corrected chi connectivity index (χ4v) is 1.96. The number of benzene rings is 1. The Bertz CT molecular complexity index is 412. The lowest BCUT2D eigenvalue weighted by Gasteiger charge is -2.24. The number of nitrogens with one attached hydrogen (secondary N) is 1. The van der Waals surface area contributed by atoms with Crippen molar-refractivity contribution in [3.05, 3.63) is 29.8 Å². The topological polar surface area (TPSA) is 58.4 Å². The van der Waals surface area contributed by atoms with Crippen molar-refractivity contribution in [2.45, 2.75) is 31.8 Å². The molecule has 0 radical (unpaired) electrons. The molecule has 0 aliphatic heterocycles. The number of nitrogens with zero attached hydrogens (tertiary/aromatic N) is 1. The molecule has 0 bridgehead atoms. The van der Waals surface area contributed by atoms with Crippen LogP contribution in [0.4, 0.5) is 5.69 Å². The second kappa shape index (κ2) is 5.40. The number of hydrogen-bond acceptors (Lipinski definition) is 3.